The molecule has 1 saturated carbocycles. The lowest BCUT2D eigenvalue weighted by molar-refractivity contribution is -0.141. The lowest BCUT2D eigenvalue weighted by Gasteiger charge is -2.32. The minimum Gasteiger partial charge on any atom is -0.480 e. The first-order chi connectivity index (χ1) is 11.9. The molecule has 0 spiro atoms. The van der Waals surface area contributed by atoms with Gasteiger partial charge in [0.1, 0.15) is 6.04 Å². The van der Waals surface area contributed by atoms with E-state index in [2.05, 4.69) is 5.32 Å². The van der Waals surface area contributed by atoms with Gasteiger partial charge in [-0.1, -0.05) is 12.8 Å². The normalized spacial score (nSPS) is 26.8. The zero-order chi connectivity index (χ0) is 18.2. The number of amides is 1. The Bertz CT molecular complexity index is 775. The van der Waals surface area contributed by atoms with Gasteiger partial charge in [-0.05, 0) is 49.4 Å². The second kappa shape index (κ2) is 6.76. The number of nitrogens with one attached hydrogen (secondary N) is 1. The van der Waals surface area contributed by atoms with Crippen molar-refractivity contribution < 1.29 is 23.1 Å². The van der Waals surface area contributed by atoms with Crippen molar-refractivity contribution in [2.75, 3.05) is 7.05 Å². The first kappa shape index (κ1) is 17.9. The monoisotopic (exact) mass is 366 g/mol. The average Bonchev–Trinajstić information content (AvgIpc) is 3.02. The van der Waals surface area contributed by atoms with Crippen LogP contribution in [0.25, 0.3) is 0 Å². The molecule has 3 rings (SSSR count). The van der Waals surface area contributed by atoms with E-state index in [-0.39, 0.29) is 22.8 Å². The molecule has 136 valence electrons. The Kier molecular flexibility index (Phi) is 4.83. The van der Waals surface area contributed by atoms with Crippen LogP contribution in [0.5, 0.6) is 0 Å². The van der Waals surface area contributed by atoms with Crippen LogP contribution in [0.3, 0.4) is 0 Å². The van der Waals surface area contributed by atoms with Gasteiger partial charge in [-0.15, -0.1) is 0 Å². The molecule has 2 fully saturated rings. The number of carbonyl (C=O) groups is 2. The number of benzene rings is 1. The summed E-state index contributed by atoms with van der Waals surface area (Å²) in [7, 11) is -2.43. The van der Waals surface area contributed by atoms with Gasteiger partial charge in [0.2, 0.25) is 10.0 Å². The maximum Gasteiger partial charge on any atom is 0.322 e. The Labute approximate surface area is 147 Å². The largest absolute Gasteiger partial charge is 0.480 e. The van der Waals surface area contributed by atoms with Crippen LogP contribution in [0.4, 0.5) is 0 Å². The van der Waals surface area contributed by atoms with Crippen molar-refractivity contribution in [3.8, 4) is 0 Å². The minimum absolute atomic E-state index is 0.0256. The predicted octanol–water partition coefficient (Wildman–Crippen LogP) is 1.45. The number of nitrogens with zero attached hydrogens (tertiary/aromatic N) is 1. The molecule has 1 amide bonds. The van der Waals surface area contributed by atoms with E-state index in [0.717, 1.165) is 19.3 Å². The van der Waals surface area contributed by atoms with E-state index >= 15 is 0 Å². The number of hydrogen-bond donors (Lipinski definition) is 2. The zero-order valence-corrected chi connectivity index (χ0v) is 14.8. The number of sulfonamides is 1. The molecule has 0 aromatic heterocycles. The van der Waals surface area contributed by atoms with Crippen molar-refractivity contribution in [1.82, 2.24) is 9.62 Å². The summed E-state index contributed by atoms with van der Waals surface area (Å²) < 4.78 is 27.4. The Morgan fingerprint density at radius 2 is 1.80 bits per heavy atom. The maximum atomic E-state index is 13.1. The second-order valence-electron chi connectivity index (χ2n) is 6.64. The quantitative estimate of drug-likeness (QED) is 0.839. The lowest BCUT2D eigenvalue weighted by atomic mass is 9.85. The number of carboxylic acid groups (broad SMARTS) is 1. The first-order valence-corrected chi connectivity index (χ1v) is 9.88. The summed E-state index contributed by atoms with van der Waals surface area (Å²) in [4.78, 5) is 23.3. The average molecular weight is 366 g/mol. The van der Waals surface area contributed by atoms with Crippen molar-refractivity contribution in [3.05, 3.63) is 29.8 Å². The van der Waals surface area contributed by atoms with E-state index in [1.54, 1.807) is 0 Å². The maximum absolute atomic E-state index is 13.1. The summed E-state index contributed by atoms with van der Waals surface area (Å²) in [5.41, 5.74) is 0.355. The Hall–Kier alpha value is -1.93. The number of aliphatic carboxylic acids is 1. The minimum atomic E-state index is -3.93. The molecule has 1 aromatic rings. The highest BCUT2D eigenvalue weighted by Crippen LogP contribution is 2.42. The molecule has 3 unspecified atom stereocenters. The molecule has 1 aromatic carbocycles. The molecule has 2 aliphatic rings. The number of fused-ring (bicyclic) bond motifs is 1. The summed E-state index contributed by atoms with van der Waals surface area (Å²) in [5.74, 6) is -1.30. The topological polar surface area (TPSA) is 104 Å². The first-order valence-electron chi connectivity index (χ1n) is 8.44. The Morgan fingerprint density at radius 1 is 1.16 bits per heavy atom. The van der Waals surface area contributed by atoms with Crippen molar-refractivity contribution in [1.29, 1.82) is 0 Å². The number of carboxylic acids is 1. The van der Waals surface area contributed by atoms with E-state index in [4.69, 9.17) is 0 Å². The van der Waals surface area contributed by atoms with Crippen LogP contribution < -0.4 is 5.32 Å². The van der Waals surface area contributed by atoms with E-state index in [9.17, 15) is 23.1 Å². The van der Waals surface area contributed by atoms with E-state index < -0.39 is 22.0 Å². The van der Waals surface area contributed by atoms with Crippen LogP contribution in [0, 0.1) is 5.92 Å². The molecule has 1 aliphatic heterocycles. The lowest BCUT2D eigenvalue weighted by Crippen LogP contribution is -2.46. The van der Waals surface area contributed by atoms with Crippen LogP contribution in [0.1, 0.15) is 42.5 Å². The molecule has 25 heavy (non-hydrogen) atoms. The summed E-state index contributed by atoms with van der Waals surface area (Å²) in [5, 5.41) is 12.0. The molecule has 1 heterocycles. The fraction of sp³-hybridized carbons (Fsp3) is 0.529. The summed E-state index contributed by atoms with van der Waals surface area (Å²) in [6.07, 6.45) is 3.87. The standard InChI is InChI=1S/C17H22N2O5S/c1-18-16(20)11-6-8-13(9-7-11)25(23,24)19-14-5-3-2-4-12(14)10-15(19)17(21)22/h6-9,12,14-15H,2-5,10H2,1H3,(H,18,20)(H,21,22). The predicted molar refractivity (Wildman–Crippen MR) is 90.6 cm³/mol. The smallest absolute Gasteiger partial charge is 0.322 e. The van der Waals surface area contributed by atoms with Crippen LogP contribution in [-0.2, 0) is 14.8 Å². The zero-order valence-electron chi connectivity index (χ0n) is 14.0. The van der Waals surface area contributed by atoms with E-state index in [0.29, 0.717) is 18.4 Å². The molecule has 1 saturated heterocycles. The van der Waals surface area contributed by atoms with Crippen LogP contribution in [0.2, 0.25) is 0 Å². The van der Waals surface area contributed by atoms with Gasteiger partial charge in [0.05, 0.1) is 4.90 Å². The molecule has 2 N–H and O–H groups in total. The highest BCUT2D eigenvalue weighted by atomic mass is 32.2. The molecular formula is C17H22N2O5S. The van der Waals surface area contributed by atoms with Crippen LogP contribution in [-0.4, -0.2) is 48.8 Å². The van der Waals surface area contributed by atoms with E-state index in [1.807, 2.05) is 0 Å². The summed E-state index contributed by atoms with van der Waals surface area (Å²) >= 11 is 0. The highest BCUT2D eigenvalue weighted by Gasteiger charge is 2.51. The van der Waals surface area contributed by atoms with Crippen LogP contribution in [0.15, 0.2) is 29.2 Å². The van der Waals surface area contributed by atoms with Gasteiger partial charge in [0.15, 0.2) is 0 Å². The highest BCUT2D eigenvalue weighted by molar-refractivity contribution is 7.89. The van der Waals surface area contributed by atoms with Crippen molar-refractivity contribution >= 4 is 21.9 Å². The molecule has 0 bridgehead atoms. The second-order valence-corrected chi connectivity index (χ2v) is 8.48. The SMILES string of the molecule is CNC(=O)c1ccc(S(=O)(=O)N2C(C(=O)O)CC3CCCCC32)cc1. The molecule has 0 radical (unpaired) electrons. The van der Waals surface area contributed by atoms with Gasteiger partial charge in [0.25, 0.3) is 5.91 Å². The van der Waals surface area contributed by atoms with Crippen molar-refractivity contribution in [2.24, 2.45) is 5.92 Å². The molecule has 1 aliphatic carbocycles. The third-order valence-electron chi connectivity index (χ3n) is 5.23. The van der Waals surface area contributed by atoms with Gasteiger partial charge >= 0.3 is 5.97 Å². The summed E-state index contributed by atoms with van der Waals surface area (Å²) in [6, 6.07) is 4.35. The van der Waals surface area contributed by atoms with Gasteiger partial charge in [0, 0.05) is 18.7 Å². The van der Waals surface area contributed by atoms with Gasteiger partial charge in [-0.3, -0.25) is 9.59 Å². The molecule has 8 heteroatoms. The molecular weight excluding hydrogens is 344 g/mol. The van der Waals surface area contributed by atoms with Gasteiger partial charge < -0.3 is 10.4 Å². The fourth-order valence-electron chi connectivity index (χ4n) is 4.02. The van der Waals surface area contributed by atoms with Crippen LogP contribution >= 0.6 is 0 Å². The Balaban J connectivity index is 1.96. The molecule has 3 atom stereocenters. The number of rotatable bonds is 4. The van der Waals surface area contributed by atoms with Crippen molar-refractivity contribution in [2.45, 2.75) is 49.1 Å². The number of carbonyl (C=O) groups excluding carboxylic acids is 1. The third-order valence-corrected chi connectivity index (χ3v) is 7.18. The molecule has 7 nitrogen and oxygen atoms in total. The summed E-state index contributed by atoms with van der Waals surface area (Å²) in [6.45, 7) is 0. The fourth-order valence-corrected chi connectivity index (χ4v) is 5.89. The Morgan fingerprint density at radius 3 is 2.40 bits per heavy atom. The number of hydrogen-bond acceptors (Lipinski definition) is 4. The van der Waals surface area contributed by atoms with Crippen molar-refractivity contribution in [3.63, 3.8) is 0 Å². The van der Waals surface area contributed by atoms with E-state index in [1.165, 1.54) is 35.6 Å². The van der Waals surface area contributed by atoms with Gasteiger partial charge in [-0.2, -0.15) is 4.31 Å². The van der Waals surface area contributed by atoms with Gasteiger partial charge in [-0.25, -0.2) is 8.42 Å². The third kappa shape index (κ3) is 3.16.